The van der Waals surface area contributed by atoms with Crippen molar-refractivity contribution in [1.82, 2.24) is 0 Å². The summed E-state index contributed by atoms with van der Waals surface area (Å²) >= 11 is 0. The summed E-state index contributed by atoms with van der Waals surface area (Å²) in [4.78, 5) is 11.1. The Kier molecular flexibility index (Phi) is 7.81. The molecule has 0 fully saturated rings. The average molecular weight is 268 g/mol. The van der Waals surface area contributed by atoms with Crippen LogP contribution in [0.3, 0.4) is 0 Å². The Labute approximate surface area is 113 Å². The Morgan fingerprint density at radius 2 is 1.58 bits per heavy atom. The number of ketones is 1. The number of aliphatic hydroxyl groups is 1. The Balaban J connectivity index is 2.07. The van der Waals surface area contributed by atoms with E-state index in [1.165, 1.54) is 6.92 Å². The van der Waals surface area contributed by atoms with Crippen molar-refractivity contribution in [1.29, 1.82) is 0 Å². The van der Waals surface area contributed by atoms with E-state index in [-0.39, 0.29) is 12.4 Å². The molecule has 0 saturated heterocycles. The molecule has 0 saturated carbocycles. The van der Waals surface area contributed by atoms with Gasteiger partial charge in [-0.25, -0.2) is 0 Å². The highest BCUT2D eigenvalue weighted by atomic mass is 16.5. The molecule has 0 unspecified atom stereocenters. The van der Waals surface area contributed by atoms with Crippen LogP contribution in [0.2, 0.25) is 0 Å². The summed E-state index contributed by atoms with van der Waals surface area (Å²) in [7, 11) is 0. The SMILES string of the molecule is CC(=O)c1ccc(OCCOCCOCCO)cc1. The minimum Gasteiger partial charge on any atom is -0.491 e. The van der Waals surface area contributed by atoms with Gasteiger partial charge in [0.1, 0.15) is 12.4 Å². The number of Topliss-reactive ketones (excluding diaryl/α,β-unsaturated/α-hetero) is 1. The van der Waals surface area contributed by atoms with Crippen LogP contribution in [0.25, 0.3) is 0 Å². The summed E-state index contributed by atoms with van der Waals surface area (Å²) in [6.45, 7) is 3.75. The molecule has 1 N–H and O–H groups in total. The topological polar surface area (TPSA) is 65.0 Å². The van der Waals surface area contributed by atoms with E-state index in [4.69, 9.17) is 19.3 Å². The summed E-state index contributed by atoms with van der Waals surface area (Å²) in [5, 5.41) is 8.48. The lowest BCUT2D eigenvalue weighted by molar-refractivity contribution is 0.0247. The van der Waals surface area contributed by atoms with Gasteiger partial charge in [-0.3, -0.25) is 4.79 Å². The van der Waals surface area contributed by atoms with E-state index in [2.05, 4.69) is 0 Å². The van der Waals surface area contributed by atoms with Gasteiger partial charge in [-0.05, 0) is 31.2 Å². The third-order valence-corrected chi connectivity index (χ3v) is 2.36. The van der Waals surface area contributed by atoms with E-state index in [0.29, 0.717) is 44.3 Å². The van der Waals surface area contributed by atoms with E-state index >= 15 is 0 Å². The van der Waals surface area contributed by atoms with Gasteiger partial charge in [0.2, 0.25) is 0 Å². The van der Waals surface area contributed by atoms with Gasteiger partial charge in [0.25, 0.3) is 0 Å². The van der Waals surface area contributed by atoms with Gasteiger partial charge >= 0.3 is 0 Å². The van der Waals surface area contributed by atoms with Gasteiger partial charge in [0, 0.05) is 5.56 Å². The average Bonchev–Trinajstić information content (AvgIpc) is 2.42. The van der Waals surface area contributed by atoms with Crippen LogP contribution in [-0.4, -0.2) is 50.5 Å². The highest BCUT2D eigenvalue weighted by Gasteiger charge is 1.99. The lowest BCUT2D eigenvalue weighted by Gasteiger charge is -2.07. The molecule has 0 spiro atoms. The molecule has 0 bridgehead atoms. The number of rotatable bonds is 10. The maximum absolute atomic E-state index is 11.1. The van der Waals surface area contributed by atoms with E-state index in [1.54, 1.807) is 24.3 Å². The van der Waals surface area contributed by atoms with Crippen LogP contribution >= 0.6 is 0 Å². The molecule has 19 heavy (non-hydrogen) atoms. The molecule has 0 heterocycles. The molecule has 1 aromatic carbocycles. The van der Waals surface area contributed by atoms with E-state index < -0.39 is 0 Å². The van der Waals surface area contributed by atoms with Crippen LogP contribution in [0, 0.1) is 0 Å². The standard InChI is InChI=1S/C14H20O5/c1-12(16)13-2-4-14(5-3-13)19-11-10-18-9-8-17-7-6-15/h2-5,15H,6-11H2,1H3. The number of ether oxygens (including phenoxy) is 3. The number of hydrogen-bond donors (Lipinski definition) is 1. The van der Waals surface area contributed by atoms with Gasteiger partial charge in [-0.15, -0.1) is 0 Å². The molecule has 0 aromatic heterocycles. The second kappa shape index (κ2) is 9.49. The molecule has 0 aliphatic rings. The lowest BCUT2D eigenvalue weighted by atomic mass is 10.1. The van der Waals surface area contributed by atoms with Gasteiger partial charge in [-0.1, -0.05) is 0 Å². The summed E-state index contributed by atoms with van der Waals surface area (Å²) in [5.74, 6) is 0.753. The summed E-state index contributed by atoms with van der Waals surface area (Å²) in [5.41, 5.74) is 0.671. The summed E-state index contributed by atoms with van der Waals surface area (Å²) in [6.07, 6.45) is 0. The van der Waals surface area contributed by atoms with Crippen molar-refractivity contribution in [2.24, 2.45) is 0 Å². The maximum Gasteiger partial charge on any atom is 0.159 e. The zero-order chi connectivity index (χ0) is 13.9. The van der Waals surface area contributed by atoms with Crippen molar-refractivity contribution < 1.29 is 24.1 Å². The molecule has 0 aliphatic heterocycles. The molecule has 0 aliphatic carbocycles. The molecule has 1 aromatic rings. The first kappa shape index (κ1) is 15.6. The second-order valence-electron chi connectivity index (χ2n) is 3.88. The quantitative estimate of drug-likeness (QED) is 0.512. The molecule has 0 atom stereocenters. The normalized spacial score (nSPS) is 10.4. The monoisotopic (exact) mass is 268 g/mol. The summed E-state index contributed by atoms with van der Waals surface area (Å²) in [6, 6.07) is 7.00. The molecule has 5 nitrogen and oxygen atoms in total. The first-order valence-corrected chi connectivity index (χ1v) is 6.24. The minimum absolute atomic E-state index is 0.0272. The van der Waals surface area contributed by atoms with E-state index in [1.807, 2.05) is 0 Å². The zero-order valence-corrected chi connectivity index (χ0v) is 11.1. The van der Waals surface area contributed by atoms with Crippen molar-refractivity contribution in [2.75, 3.05) is 39.6 Å². The number of carbonyl (C=O) groups is 1. The van der Waals surface area contributed by atoms with Crippen molar-refractivity contribution in [3.05, 3.63) is 29.8 Å². The Bertz CT molecular complexity index is 361. The van der Waals surface area contributed by atoms with Crippen LogP contribution in [0.5, 0.6) is 5.75 Å². The van der Waals surface area contributed by atoms with Gasteiger partial charge in [-0.2, -0.15) is 0 Å². The van der Waals surface area contributed by atoms with Crippen LogP contribution in [0.1, 0.15) is 17.3 Å². The minimum atomic E-state index is 0.0272. The predicted molar refractivity (Wildman–Crippen MR) is 70.7 cm³/mol. The molecule has 1 rings (SSSR count). The Morgan fingerprint density at radius 3 is 2.16 bits per heavy atom. The maximum atomic E-state index is 11.1. The van der Waals surface area contributed by atoms with E-state index in [0.717, 1.165) is 0 Å². The largest absolute Gasteiger partial charge is 0.491 e. The van der Waals surface area contributed by atoms with Gasteiger partial charge < -0.3 is 19.3 Å². The predicted octanol–water partition coefficient (Wildman–Crippen LogP) is 1.29. The third-order valence-electron chi connectivity index (χ3n) is 2.36. The number of hydrogen-bond acceptors (Lipinski definition) is 5. The van der Waals surface area contributed by atoms with Gasteiger partial charge in [0.05, 0.1) is 33.0 Å². The molecule has 0 amide bonds. The lowest BCUT2D eigenvalue weighted by Crippen LogP contribution is -2.11. The summed E-state index contributed by atoms with van der Waals surface area (Å²) < 4.78 is 15.8. The Morgan fingerprint density at radius 1 is 1.00 bits per heavy atom. The van der Waals surface area contributed by atoms with Crippen molar-refractivity contribution >= 4 is 5.78 Å². The van der Waals surface area contributed by atoms with Crippen molar-refractivity contribution in [3.63, 3.8) is 0 Å². The molecule has 0 radical (unpaired) electrons. The first-order chi connectivity index (χ1) is 9.24. The van der Waals surface area contributed by atoms with Crippen LogP contribution < -0.4 is 4.74 Å². The highest BCUT2D eigenvalue weighted by molar-refractivity contribution is 5.94. The molecular weight excluding hydrogens is 248 g/mol. The second-order valence-corrected chi connectivity index (χ2v) is 3.88. The van der Waals surface area contributed by atoms with Crippen LogP contribution in [0.4, 0.5) is 0 Å². The van der Waals surface area contributed by atoms with Crippen molar-refractivity contribution in [2.45, 2.75) is 6.92 Å². The number of carbonyl (C=O) groups excluding carboxylic acids is 1. The van der Waals surface area contributed by atoms with Crippen LogP contribution in [0.15, 0.2) is 24.3 Å². The Hall–Kier alpha value is -1.43. The number of benzene rings is 1. The highest BCUT2D eigenvalue weighted by Crippen LogP contribution is 2.12. The van der Waals surface area contributed by atoms with Gasteiger partial charge in [0.15, 0.2) is 5.78 Å². The molecular formula is C14H20O5. The van der Waals surface area contributed by atoms with Crippen LogP contribution in [-0.2, 0) is 9.47 Å². The molecule has 106 valence electrons. The fraction of sp³-hybridized carbons (Fsp3) is 0.500. The zero-order valence-electron chi connectivity index (χ0n) is 11.1. The third kappa shape index (κ3) is 6.91. The first-order valence-electron chi connectivity index (χ1n) is 6.24. The smallest absolute Gasteiger partial charge is 0.159 e. The van der Waals surface area contributed by atoms with Crippen molar-refractivity contribution in [3.8, 4) is 5.75 Å². The fourth-order valence-corrected chi connectivity index (χ4v) is 1.39. The van der Waals surface area contributed by atoms with E-state index in [9.17, 15) is 4.79 Å². The number of aliphatic hydroxyl groups excluding tert-OH is 1. The molecule has 5 heteroatoms. The fourth-order valence-electron chi connectivity index (χ4n) is 1.39.